The number of benzene rings is 2. The quantitative estimate of drug-likeness (QED) is 0.453. The summed E-state index contributed by atoms with van der Waals surface area (Å²) in [7, 11) is 0. The van der Waals surface area contributed by atoms with Crippen LogP contribution in [0.3, 0.4) is 0 Å². The average Bonchev–Trinajstić information content (AvgIpc) is 3.28. The molecular weight excluding hydrogens is 316 g/mol. The Kier molecular flexibility index (Phi) is 5.72. The second-order valence-electron chi connectivity index (χ2n) is 4.76. The summed E-state index contributed by atoms with van der Waals surface area (Å²) < 4.78 is 11.3. The van der Waals surface area contributed by atoms with E-state index in [4.69, 9.17) is 9.47 Å². The third-order valence-corrected chi connectivity index (χ3v) is 3.02. The Morgan fingerprint density at radius 2 is 1.00 bits per heavy atom. The molecule has 0 saturated heterocycles. The van der Waals surface area contributed by atoms with Crippen LogP contribution in [0.2, 0.25) is 0 Å². The number of fused-ring (bicyclic) bond motifs is 2. The lowest BCUT2D eigenvalue weighted by Crippen LogP contribution is -1.97. The summed E-state index contributed by atoms with van der Waals surface area (Å²) in [5.74, 6) is 3.08. The van der Waals surface area contributed by atoms with Gasteiger partial charge in [0.2, 0.25) is 0 Å². The molecule has 0 amide bonds. The Labute approximate surface area is 145 Å². The molecule has 0 aliphatic carbocycles. The Morgan fingerprint density at radius 3 is 1.24 bits per heavy atom. The Bertz CT molecular complexity index is 736. The zero-order valence-corrected chi connectivity index (χ0v) is 13.3. The largest absolute Gasteiger partial charge is 0.450 e. The molecule has 0 bridgehead atoms. The van der Waals surface area contributed by atoms with Gasteiger partial charge in [-0.2, -0.15) is 5.10 Å². The normalized spacial score (nSPS) is 10.2. The van der Waals surface area contributed by atoms with Gasteiger partial charge in [-0.1, -0.05) is 24.3 Å². The van der Waals surface area contributed by atoms with Crippen molar-refractivity contribution in [2.24, 2.45) is 0 Å². The third kappa shape index (κ3) is 4.90. The van der Waals surface area contributed by atoms with Crippen molar-refractivity contribution in [2.45, 2.75) is 0 Å². The number of rotatable bonds is 0. The van der Waals surface area contributed by atoms with Crippen LogP contribution in [0.15, 0.2) is 91.8 Å². The number of ether oxygens (including phenoxy) is 2. The zero-order valence-electron chi connectivity index (χ0n) is 13.3. The van der Waals surface area contributed by atoms with E-state index in [1.807, 2.05) is 54.6 Å². The fraction of sp³-hybridized carbons (Fsp3) is 0. The highest BCUT2D eigenvalue weighted by Crippen LogP contribution is 2.44. The number of H-pyrrole nitrogens is 1. The van der Waals surface area contributed by atoms with E-state index < -0.39 is 0 Å². The van der Waals surface area contributed by atoms with Gasteiger partial charge < -0.3 is 9.47 Å². The summed E-state index contributed by atoms with van der Waals surface area (Å²) in [6.45, 7) is 0. The van der Waals surface area contributed by atoms with E-state index >= 15 is 0 Å². The molecule has 3 heterocycles. The van der Waals surface area contributed by atoms with Gasteiger partial charge in [-0.25, -0.2) is 0 Å². The highest BCUT2D eigenvalue weighted by atomic mass is 16.6. The van der Waals surface area contributed by atoms with Crippen molar-refractivity contribution in [1.29, 1.82) is 0 Å². The molecule has 0 saturated carbocycles. The summed E-state index contributed by atoms with van der Waals surface area (Å²) >= 11 is 0. The first kappa shape index (κ1) is 16.2. The van der Waals surface area contributed by atoms with Crippen LogP contribution in [-0.2, 0) is 0 Å². The Morgan fingerprint density at radius 1 is 0.560 bits per heavy atom. The molecule has 0 atom stereocenters. The minimum atomic E-state index is 0.770. The number of hydrogen-bond acceptors (Lipinski definition) is 5. The summed E-state index contributed by atoms with van der Waals surface area (Å²) in [6.07, 6.45) is 10.0. The molecule has 124 valence electrons. The maximum absolute atomic E-state index is 5.65. The van der Waals surface area contributed by atoms with Gasteiger partial charge in [-0.3, -0.25) is 15.1 Å². The number of nitrogens with zero attached hydrogens (tertiary/aromatic N) is 3. The van der Waals surface area contributed by atoms with Crippen molar-refractivity contribution in [3.63, 3.8) is 0 Å². The molecule has 1 N–H and O–H groups in total. The fourth-order valence-electron chi connectivity index (χ4n) is 1.94. The summed E-state index contributed by atoms with van der Waals surface area (Å²) in [6, 6.07) is 17.1. The topological polar surface area (TPSA) is 72.9 Å². The van der Waals surface area contributed by atoms with E-state index in [0.29, 0.717) is 0 Å². The zero-order chi connectivity index (χ0) is 17.2. The molecule has 25 heavy (non-hydrogen) atoms. The van der Waals surface area contributed by atoms with Gasteiger partial charge in [0, 0.05) is 37.2 Å². The number of hydrogen-bond donors (Lipinski definition) is 1. The summed E-state index contributed by atoms with van der Waals surface area (Å²) in [5.41, 5.74) is 0. The Balaban J connectivity index is 0.000000136. The third-order valence-electron chi connectivity index (χ3n) is 3.02. The Hall–Kier alpha value is -3.67. The first-order valence-electron chi connectivity index (χ1n) is 7.61. The van der Waals surface area contributed by atoms with Crippen LogP contribution in [0.25, 0.3) is 0 Å². The SMILES string of the molecule is c1ccc2c(c1)Oc1ccccc1O2.c1cn[nH]c1.c1cnccn1. The molecular formula is C19H16N4O2. The van der Waals surface area contributed by atoms with Crippen LogP contribution in [-0.4, -0.2) is 20.2 Å². The number of aromatic amines is 1. The number of nitrogens with one attached hydrogen (secondary N) is 1. The van der Waals surface area contributed by atoms with Gasteiger partial charge in [0.1, 0.15) is 0 Å². The molecule has 1 aliphatic rings. The molecule has 0 unspecified atom stereocenters. The maximum atomic E-state index is 5.65. The predicted octanol–water partition coefficient (Wildman–Crippen LogP) is 4.47. The van der Waals surface area contributed by atoms with Crippen molar-refractivity contribution in [3.05, 3.63) is 91.8 Å². The molecule has 2 aromatic heterocycles. The lowest BCUT2D eigenvalue weighted by Gasteiger charge is -2.19. The first-order valence-corrected chi connectivity index (χ1v) is 7.61. The van der Waals surface area contributed by atoms with E-state index in [1.54, 1.807) is 37.2 Å². The number of aromatic nitrogens is 4. The minimum absolute atomic E-state index is 0.770. The standard InChI is InChI=1S/C12H8O2.C4H4N2.C3H4N2/c1-2-6-10-9(5-1)13-11-7-3-4-8-12(11)14-10;1-2-6-4-3-5-1;1-2-4-5-3-1/h1-8H;1-4H;1-3H,(H,4,5). The maximum Gasteiger partial charge on any atom is 0.170 e. The number of para-hydroxylation sites is 4. The van der Waals surface area contributed by atoms with Crippen molar-refractivity contribution in [1.82, 2.24) is 20.2 Å². The van der Waals surface area contributed by atoms with Gasteiger partial charge in [-0.05, 0) is 30.3 Å². The summed E-state index contributed by atoms with van der Waals surface area (Å²) in [5, 5.41) is 6.21. The van der Waals surface area contributed by atoms with Crippen LogP contribution in [0.5, 0.6) is 23.0 Å². The van der Waals surface area contributed by atoms with Crippen LogP contribution >= 0.6 is 0 Å². The lowest BCUT2D eigenvalue weighted by atomic mass is 10.2. The van der Waals surface area contributed by atoms with Gasteiger partial charge in [0.15, 0.2) is 23.0 Å². The van der Waals surface area contributed by atoms with Crippen molar-refractivity contribution < 1.29 is 9.47 Å². The first-order chi connectivity index (χ1) is 12.4. The predicted molar refractivity (Wildman–Crippen MR) is 93.7 cm³/mol. The molecule has 5 rings (SSSR count). The van der Waals surface area contributed by atoms with Crippen LogP contribution in [0.1, 0.15) is 0 Å². The second kappa shape index (κ2) is 8.83. The van der Waals surface area contributed by atoms with E-state index in [1.165, 1.54) is 0 Å². The van der Waals surface area contributed by atoms with Crippen LogP contribution in [0, 0.1) is 0 Å². The second-order valence-corrected chi connectivity index (χ2v) is 4.76. The highest BCUT2D eigenvalue weighted by Gasteiger charge is 2.16. The molecule has 0 spiro atoms. The summed E-state index contributed by atoms with van der Waals surface area (Å²) in [4.78, 5) is 7.44. The van der Waals surface area contributed by atoms with Crippen LogP contribution in [0.4, 0.5) is 0 Å². The van der Waals surface area contributed by atoms with Crippen molar-refractivity contribution in [2.75, 3.05) is 0 Å². The van der Waals surface area contributed by atoms with Gasteiger partial charge in [-0.15, -0.1) is 0 Å². The molecule has 2 aromatic carbocycles. The lowest BCUT2D eigenvalue weighted by molar-refractivity contribution is 0.359. The molecule has 6 heteroatoms. The van der Waals surface area contributed by atoms with E-state index in [9.17, 15) is 0 Å². The van der Waals surface area contributed by atoms with Gasteiger partial charge in [0.25, 0.3) is 0 Å². The van der Waals surface area contributed by atoms with Gasteiger partial charge >= 0.3 is 0 Å². The van der Waals surface area contributed by atoms with Crippen LogP contribution < -0.4 is 9.47 Å². The van der Waals surface area contributed by atoms with Gasteiger partial charge in [0.05, 0.1) is 0 Å². The van der Waals surface area contributed by atoms with E-state index in [-0.39, 0.29) is 0 Å². The highest BCUT2D eigenvalue weighted by molar-refractivity contribution is 5.53. The van der Waals surface area contributed by atoms with E-state index in [0.717, 1.165) is 23.0 Å². The van der Waals surface area contributed by atoms with Crippen molar-refractivity contribution >= 4 is 0 Å². The molecule has 1 aliphatic heterocycles. The molecule has 0 radical (unpaired) electrons. The molecule has 6 nitrogen and oxygen atoms in total. The smallest absolute Gasteiger partial charge is 0.170 e. The molecule has 4 aromatic rings. The average molecular weight is 332 g/mol. The monoisotopic (exact) mass is 332 g/mol. The van der Waals surface area contributed by atoms with E-state index in [2.05, 4.69) is 20.2 Å². The minimum Gasteiger partial charge on any atom is -0.450 e. The van der Waals surface area contributed by atoms with Crippen molar-refractivity contribution in [3.8, 4) is 23.0 Å². The molecule has 0 fully saturated rings. The fourth-order valence-corrected chi connectivity index (χ4v) is 1.94.